The van der Waals surface area contributed by atoms with E-state index in [1.165, 1.54) is 52.7 Å². The molecule has 1 atom stereocenters. The van der Waals surface area contributed by atoms with Gasteiger partial charge in [0.05, 0.1) is 17.6 Å². The standard InChI is InChI=1S/C25H31F3N2O5S/c1-24(2,3)35-23(31)29-15-5-6-20(17-29)30(16-18-7-9-19(10-8-18)25(26,27)28)36(32,33)22-13-11-21(34-4)12-14-22/h7-14,20H,5-6,15-17H2,1-4H3. The maximum atomic E-state index is 13.7. The van der Waals surface area contributed by atoms with Crippen LogP contribution in [0.2, 0.25) is 0 Å². The van der Waals surface area contributed by atoms with Crippen LogP contribution < -0.4 is 4.74 Å². The molecule has 0 aliphatic carbocycles. The Morgan fingerprint density at radius 1 is 1.06 bits per heavy atom. The number of sulfonamides is 1. The van der Waals surface area contributed by atoms with Crippen LogP contribution in [0.5, 0.6) is 5.75 Å². The van der Waals surface area contributed by atoms with Gasteiger partial charge >= 0.3 is 12.3 Å². The summed E-state index contributed by atoms with van der Waals surface area (Å²) in [4.78, 5) is 14.2. The Kier molecular flexibility index (Phi) is 8.24. The van der Waals surface area contributed by atoms with Crippen LogP contribution in [0.3, 0.4) is 0 Å². The molecule has 1 aliphatic rings. The smallest absolute Gasteiger partial charge is 0.416 e. The van der Waals surface area contributed by atoms with Crippen molar-refractivity contribution in [1.29, 1.82) is 0 Å². The average Bonchev–Trinajstić information content (AvgIpc) is 2.81. The molecule has 1 saturated heterocycles. The summed E-state index contributed by atoms with van der Waals surface area (Å²) in [6.07, 6.45) is -4.01. The molecule has 1 heterocycles. The minimum atomic E-state index is -4.50. The first-order valence-electron chi connectivity index (χ1n) is 11.5. The molecule has 0 bridgehead atoms. The number of carbonyl (C=O) groups excluding carboxylic acids is 1. The summed E-state index contributed by atoms with van der Waals surface area (Å²) >= 11 is 0. The molecule has 7 nitrogen and oxygen atoms in total. The molecule has 198 valence electrons. The maximum Gasteiger partial charge on any atom is 0.416 e. The van der Waals surface area contributed by atoms with Crippen molar-refractivity contribution in [2.75, 3.05) is 20.2 Å². The number of methoxy groups -OCH3 is 1. The number of alkyl halides is 3. The molecule has 11 heteroatoms. The summed E-state index contributed by atoms with van der Waals surface area (Å²) < 4.78 is 78.4. The molecule has 1 aliphatic heterocycles. The van der Waals surface area contributed by atoms with Gasteiger partial charge in [-0.05, 0) is 75.6 Å². The fourth-order valence-corrected chi connectivity index (χ4v) is 5.59. The first-order valence-corrected chi connectivity index (χ1v) is 12.9. The summed E-state index contributed by atoms with van der Waals surface area (Å²) in [6, 6.07) is 9.70. The third-order valence-corrected chi connectivity index (χ3v) is 7.65. The highest BCUT2D eigenvalue weighted by molar-refractivity contribution is 7.89. The van der Waals surface area contributed by atoms with E-state index in [2.05, 4.69) is 0 Å². The van der Waals surface area contributed by atoms with Crippen LogP contribution in [0.15, 0.2) is 53.4 Å². The molecule has 36 heavy (non-hydrogen) atoms. The van der Waals surface area contributed by atoms with Gasteiger partial charge < -0.3 is 14.4 Å². The highest BCUT2D eigenvalue weighted by Gasteiger charge is 2.37. The van der Waals surface area contributed by atoms with Crippen molar-refractivity contribution in [2.24, 2.45) is 0 Å². The second-order valence-electron chi connectivity index (χ2n) is 9.64. The fourth-order valence-electron chi connectivity index (χ4n) is 3.95. The van der Waals surface area contributed by atoms with E-state index in [4.69, 9.17) is 9.47 Å². The third-order valence-electron chi connectivity index (χ3n) is 5.74. The number of hydrogen-bond acceptors (Lipinski definition) is 5. The molecule has 0 N–H and O–H groups in total. The lowest BCUT2D eigenvalue weighted by atomic mass is 10.1. The molecule has 2 aromatic rings. The Morgan fingerprint density at radius 3 is 2.19 bits per heavy atom. The van der Waals surface area contributed by atoms with Gasteiger partial charge in [0, 0.05) is 25.7 Å². The molecule has 1 unspecified atom stereocenters. The quantitative estimate of drug-likeness (QED) is 0.508. The molecule has 0 spiro atoms. The second kappa shape index (κ2) is 10.7. The molecule has 1 amide bonds. The van der Waals surface area contributed by atoms with Crippen LogP contribution in [0, 0.1) is 0 Å². The lowest BCUT2D eigenvalue weighted by Gasteiger charge is -2.39. The maximum absolute atomic E-state index is 13.7. The van der Waals surface area contributed by atoms with Gasteiger partial charge in [0.2, 0.25) is 10.0 Å². The van der Waals surface area contributed by atoms with Crippen molar-refractivity contribution in [2.45, 2.75) is 62.9 Å². The number of ether oxygens (including phenoxy) is 2. The normalized spacial score (nSPS) is 17.2. The molecular weight excluding hydrogens is 497 g/mol. The Labute approximate surface area is 209 Å². The fraction of sp³-hybridized carbons (Fsp3) is 0.480. The van der Waals surface area contributed by atoms with Gasteiger partial charge in [-0.25, -0.2) is 13.2 Å². The number of piperidine rings is 1. The second-order valence-corrected chi connectivity index (χ2v) is 11.5. The van der Waals surface area contributed by atoms with Gasteiger partial charge in [0.1, 0.15) is 11.4 Å². The number of amides is 1. The van der Waals surface area contributed by atoms with E-state index in [0.717, 1.165) is 12.1 Å². The summed E-state index contributed by atoms with van der Waals surface area (Å²) in [7, 11) is -2.60. The van der Waals surface area contributed by atoms with Gasteiger partial charge in [0.15, 0.2) is 0 Å². The van der Waals surface area contributed by atoms with Gasteiger partial charge in [-0.1, -0.05) is 12.1 Å². The first-order chi connectivity index (χ1) is 16.7. The lowest BCUT2D eigenvalue weighted by molar-refractivity contribution is -0.137. The van der Waals surface area contributed by atoms with Crippen LogP contribution in [0.25, 0.3) is 0 Å². The summed E-state index contributed by atoms with van der Waals surface area (Å²) in [5, 5.41) is 0. The number of nitrogens with zero attached hydrogens (tertiary/aromatic N) is 2. The van der Waals surface area contributed by atoms with Gasteiger partial charge in [0.25, 0.3) is 0 Å². The van der Waals surface area contributed by atoms with Crippen molar-refractivity contribution >= 4 is 16.1 Å². The molecule has 0 aromatic heterocycles. The monoisotopic (exact) mass is 528 g/mol. The summed E-state index contributed by atoms with van der Waals surface area (Å²) in [5.41, 5.74) is -1.13. The van der Waals surface area contributed by atoms with Crippen molar-refractivity contribution in [3.63, 3.8) is 0 Å². The van der Waals surface area contributed by atoms with Gasteiger partial charge in [-0.3, -0.25) is 0 Å². The highest BCUT2D eigenvalue weighted by Crippen LogP contribution is 2.31. The first kappa shape index (κ1) is 27.8. The van der Waals surface area contributed by atoms with E-state index in [9.17, 15) is 26.4 Å². The SMILES string of the molecule is COc1ccc(S(=O)(=O)N(Cc2ccc(C(F)(F)F)cc2)C2CCCN(C(=O)OC(C)(C)C)C2)cc1. The van der Waals surface area contributed by atoms with Crippen LogP contribution in [-0.4, -0.2) is 55.6 Å². The van der Waals surface area contributed by atoms with Crippen molar-refractivity contribution in [3.05, 3.63) is 59.7 Å². The Hall–Kier alpha value is -2.79. The molecule has 3 rings (SSSR count). The number of benzene rings is 2. The third kappa shape index (κ3) is 6.91. The summed E-state index contributed by atoms with van der Waals surface area (Å²) in [6.45, 7) is 5.61. The predicted molar refractivity (Wildman–Crippen MR) is 128 cm³/mol. The van der Waals surface area contributed by atoms with Crippen molar-refractivity contribution < 1.29 is 35.9 Å². The van der Waals surface area contributed by atoms with Crippen LogP contribution in [0.4, 0.5) is 18.0 Å². The van der Waals surface area contributed by atoms with Crippen LogP contribution >= 0.6 is 0 Å². The Bertz CT molecular complexity index is 1140. The zero-order chi connectivity index (χ0) is 26.7. The van der Waals surface area contributed by atoms with E-state index in [-0.39, 0.29) is 18.0 Å². The zero-order valence-corrected chi connectivity index (χ0v) is 21.5. The number of halogens is 3. The van der Waals surface area contributed by atoms with E-state index >= 15 is 0 Å². The number of carbonyl (C=O) groups is 1. The van der Waals surface area contributed by atoms with Crippen LogP contribution in [-0.2, 0) is 27.5 Å². The highest BCUT2D eigenvalue weighted by atomic mass is 32.2. The number of rotatable bonds is 6. The van der Waals surface area contributed by atoms with Crippen molar-refractivity contribution in [1.82, 2.24) is 9.21 Å². The minimum Gasteiger partial charge on any atom is -0.497 e. The Balaban J connectivity index is 1.94. The number of hydrogen-bond donors (Lipinski definition) is 0. The van der Waals surface area contributed by atoms with Gasteiger partial charge in [-0.2, -0.15) is 17.5 Å². The topological polar surface area (TPSA) is 76.2 Å². The molecular formula is C25H31F3N2O5S. The minimum absolute atomic E-state index is 0.0182. The van der Waals surface area contributed by atoms with E-state index in [0.29, 0.717) is 30.7 Å². The molecule has 0 saturated carbocycles. The molecule has 0 radical (unpaired) electrons. The lowest BCUT2D eigenvalue weighted by Crippen LogP contribution is -2.52. The van der Waals surface area contributed by atoms with Gasteiger partial charge in [-0.15, -0.1) is 0 Å². The molecule has 2 aromatic carbocycles. The summed E-state index contributed by atoms with van der Waals surface area (Å²) in [5.74, 6) is 0.483. The van der Waals surface area contributed by atoms with E-state index in [1.54, 1.807) is 20.8 Å². The predicted octanol–water partition coefficient (Wildman–Crippen LogP) is 5.30. The van der Waals surface area contributed by atoms with Crippen LogP contribution in [0.1, 0.15) is 44.7 Å². The van der Waals surface area contributed by atoms with Crippen molar-refractivity contribution in [3.8, 4) is 5.75 Å². The molecule has 1 fully saturated rings. The average molecular weight is 529 g/mol. The Morgan fingerprint density at radius 2 is 1.67 bits per heavy atom. The number of likely N-dealkylation sites (tertiary alicyclic amines) is 1. The van der Waals surface area contributed by atoms with E-state index < -0.39 is 39.5 Å². The largest absolute Gasteiger partial charge is 0.497 e. The zero-order valence-electron chi connectivity index (χ0n) is 20.7. The van der Waals surface area contributed by atoms with E-state index in [1.807, 2.05) is 0 Å².